The van der Waals surface area contributed by atoms with E-state index < -0.39 is 0 Å². The molecule has 0 radical (unpaired) electrons. The number of aryl methyl sites for hydroxylation is 2. The first kappa shape index (κ1) is 21.5. The molecular weight excluding hydrogens is 428 g/mol. The number of rotatable bonds is 7. The Hall–Kier alpha value is -3.72. The number of carbonyl (C=O) groups excluding carboxylic acids is 2. The average Bonchev–Trinajstić information content (AvgIpc) is 3.41. The lowest BCUT2D eigenvalue weighted by Crippen LogP contribution is -2.11. The molecule has 1 aromatic carbocycles. The van der Waals surface area contributed by atoms with Gasteiger partial charge in [-0.3, -0.25) is 4.79 Å². The normalized spacial score (nSPS) is 10.8. The number of hydrogen-bond donors (Lipinski definition) is 2. The van der Waals surface area contributed by atoms with Crippen molar-refractivity contribution in [1.29, 1.82) is 0 Å². The first-order valence-corrected chi connectivity index (χ1v) is 10.9. The molecule has 0 saturated heterocycles. The maximum Gasteiger partial charge on any atom is 0.348 e. The van der Waals surface area contributed by atoms with Crippen LogP contribution in [0.25, 0.3) is 10.2 Å². The molecule has 4 aromatic rings. The molecule has 9 heteroatoms. The third-order valence-electron chi connectivity index (χ3n) is 4.75. The number of thiophene rings is 1. The molecule has 0 fully saturated rings. The van der Waals surface area contributed by atoms with E-state index >= 15 is 0 Å². The van der Waals surface area contributed by atoms with Crippen LogP contribution in [0.5, 0.6) is 0 Å². The summed E-state index contributed by atoms with van der Waals surface area (Å²) in [6, 6.07) is 10.8. The summed E-state index contributed by atoms with van der Waals surface area (Å²) in [5.74, 6) is 0.848. The monoisotopic (exact) mass is 450 g/mol. The summed E-state index contributed by atoms with van der Waals surface area (Å²) in [6.07, 6.45) is 1.46. The van der Waals surface area contributed by atoms with Gasteiger partial charge in [0.1, 0.15) is 21.3 Å². The number of hydrogen-bond acceptors (Lipinski definition) is 8. The number of aromatic nitrogens is 2. The fraction of sp³-hybridized carbons (Fsp3) is 0.217. The number of carbonyl (C=O) groups is 2. The molecule has 4 rings (SSSR count). The quantitative estimate of drug-likeness (QED) is 0.384. The highest BCUT2D eigenvalue weighted by atomic mass is 32.1. The van der Waals surface area contributed by atoms with Gasteiger partial charge in [0, 0.05) is 12.2 Å². The van der Waals surface area contributed by atoms with Gasteiger partial charge >= 0.3 is 5.97 Å². The smallest absolute Gasteiger partial charge is 0.348 e. The number of amides is 1. The zero-order valence-electron chi connectivity index (χ0n) is 17.9. The fourth-order valence-electron chi connectivity index (χ4n) is 3.31. The second kappa shape index (κ2) is 9.19. The summed E-state index contributed by atoms with van der Waals surface area (Å²) in [6.45, 7) is 6.26. The van der Waals surface area contributed by atoms with Crippen molar-refractivity contribution in [2.45, 2.75) is 27.3 Å². The molecule has 0 unspecified atom stereocenters. The highest BCUT2D eigenvalue weighted by Gasteiger charge is 2.21. The minimum atomic E-state index is -0.350. The summed E-state index contributed by atoms with van der Waals surface area (Å²) < 4.78 is 10.3. The van der Waals surface area contributed by atoms with Gasteiger partial charge in [-0.25, -0.2) is 14.8 Å². The van der Waals surface area contributed by atoms with E-state index in [2.05, 4.69) is 20.6 Å². The van der Waals surface area contributed by atoms with Gasteiger partial charge in [0.2, 0.25) is 0 Å². The summed E-state index contributed by atoms with van der Waals surface area (Å²) >= 11 is 1.31. The molecule has 8 nitrogen and oxygen atoms in total. The Morgan fingerprint density at radius 3 is 2.75 bits per heavy atom. The number of ether oxygens (including phenoxy) is 1. The van der Waals surface area contributed by atoms with Crippen molar-refractivity contribution in [3.8, 4) is 0 Å². The summed E-state index contributed by atoms with van der Waals surface area (Å²) in [4.78, 5) is 34.8. The Labute approximate surface area is 188 Å². The lowest BCUT2D eigenvalue weighted by molar-refractivity contribution is 0.0531. The van der Waals surface area contributed by atoms with Crippen LogP contribution in [0.15, 0.2) is 47.1 Å². The van der Waals surface area contributed by atoms with Crippen molar-refractivity contribution in [3.05, 3.63) is 70.3 Å². The van der Waals surface area contributed by atoms with Crippen molar-refractivity contribution in [2.75, 3.05) is 17.2 Å². The second-order valence-electron chi connectivity index (χ2n) is 7.06. The molecule has 3 heterocycles. The standard InChI is InChI=1S/C23H22N4O4S/c1-4-30-23(29)19-13(2)18-20(25-14(3)26-22(18)32-19)24-12-15-7-5-8-16(11-15)27-21(28)17-9-6-10-31-17/h5-11H,4,12H2,1-3H3,(H,27,28)(H,24,25,26). The van der Waals surface area contributed by atoms with Crippen LogP contribution in [-0.2, 0) is 11.3 Å². The van der Waals surface area contributed by atoms with E-state index in [1.807, 2.05) is 38.1 Å². The molecular formula is C23H22N4O4S. The predicted molar refractivity (Wildman–Crippen MR) is 123 cm³/mol. The zero-order valence-corrected chi connectivity index (χ0v) is 18.7. The largest absolute Gasteiger partial charge is 0.462 e. The third-order valence-corrected chi connectivity index (χ3v) is 5.92. The van der Waals surface area contributed by atoms with Crippen molar-refractivity contribution in [3.63, 3.8) is 0 Å². The van der Waals surface area contributed by atoms with Gasteiger partial charge in [0.15, 0.2) is 5.76 Å². The van der Waals surface area contributed by atoms with Crippen LogP contribution in [0.3, 0.4) is 0 Å². The van der Waals surface area contributed by atoms with Gasteiger partial charge in [0.25, 0.3) is 5.91 Å². The van der Waals surface area contributed by atoms with Gasteiger partial charge in [-0.05, 0) is 56.2 Å². The number of nitrogens with one attached hydrogen (secondary N) is 2. The number of nitrogens with zero attached hydrogens (tertiary/aromatic N) is 2. The zero-order chi connectivity index (χ0) is 22.7. The van der Waals surface area contributed by atoms with Crippen molar-refractivity contribution in [2.24, 2.45) is 0 Å². The Kier molecular flexibility index (Phi) is 6.18. The molecule has 32 heavy (non-hydrogen) atoms. The lowest BCUT2D eigenvalue weighted by atomic mass is 10.1. The van der Waals surface area contributed by atoms with Gasteiger partial charge in [-0.2, -0.15) is 0 Å². The molecule has 0 aliphatic carbocycles. The van der Waals surface area contributed by atoms with Gasteiger partial charge in [-0.15, -0.1) is 11.3 Å². The first-order valence-electron chi connectivity index (χ1n) is 10.1. The van der Waals surface area contributed by atoms with Gasteiger partial charge < -0.3 is 19.8 Å². The number of anilines is 2. The van der Waals surface area contributed by atoms with Crippen LogP contribution in [0.2, 0.25) is 0 Å². The number of benzene rings is 1. The number of esters is 1. The number of fused-ring (bicyclic) bond motifs is 1. The van der Waals surface area contributed by atoms with Crippen molar-refractivity contribution < 1.29 is 18.7 Å². The summed E-state index contributed by atoms with van der Waals surface area (Å²) in [5.41, 5.74) is 2.40. The minimum absolute atomic E-state index is 0.248. The number of furan rings is 1. The lowest BCUT2D eigenvalue weighted by Gasteiger charge is -2.10. The molecule has 2 N–H and O–H groups in total. The van der Waals surface area contributed by atoms with E-state index in [4.69, 9.17) is 9.15 Å². The van der Waals surface area contributed by atoms with E-state index in [1.165, 1.54) is 17.6 Å². The van der Waals surface area contributed by atoms with Crippen molar-refractivity contribution >= 4 is 44.9 Å². The fourth-order valence-corrected chi connectivity index (χ4v) is 4.43. The average molecular weight is 451 g/mol. The van der Waals surface area contributed by atoms with E-state index in [-0.39, 0.29) is 17.6 Å². The van der Waals surface area contributed by atoms with Crippen molar-refractivity contribution in [1.82, 2.24) is 9.97 Å². The van der Waals surface area contributed by atoms with Crippen LogP contribution in [0.4, 0.5) is 11.5 Å². The van der Waals surface area contributed by atoms with E-state index in [1.54, 1.807) is 19.1 Å². The Balaban J connectivity index is 1.55. The Morgan fingerprint density at radius 2 is 2.00 bits per heavy atom. The molecule has 0 bridgehead atoms. The molecule has 0 spiro atoms. The van der Waals surface area contributed by atoms with E-state index in [0.717, 1.165) is 21.3 Å². The van der Waals surface area contributed by atoms with Crippen LogP contribution in [0, 0.1) is 13.8 Å². The van der Waals surface area contributed by atoms with Gasteiger partial charge in [0.05, 0.1) is 18.3 Å². The molecule has 0 saturated carbocycles. The molecule has 3 aromatic heterocycles. The molecule has 0 aliphatic rings. The summed E-state index contributed by atoms with van der Waals surface area (Å²) in [5, 5.41) is 6.98. The van der Waals surface area contributed by atoms with Crippen LogP contribution >= 0.6 is 11.3 Å². The van der Waals surface area contributed by atoms with Gasteiger partial charge in [-0.1, -0.05) is 12.1 Å². The first-order chi connectivity index (χ1) is 15.5. The SMILES string of the molecule is CCOC(=O)c1sc2nc(C)nc(NCc3cccc(NC(=O)c4ccco4)c3)c2c1C. The molecule has 1 amide bonds. The third kappa shape index (κ3) is 4.47. The Bertz CT molecular complexity index is 1280. The minimum Gasteiger partial charge on any atom is -0.462 e. The summed E-state index contributed by atoms with van der Waals surface area (Å²) in [7, 11) is 0. The van der Waals surface area contributed by atoms with Crippen LogP contribution in [-0.4, -0.2) is 28.5 Å². The van der Waals surface area contributed by atoms with Crippen LogP contribution in [0.1, 0.15) is 44.1 Å². The molecule has 0 atom stereocenters. The highest BCUT2D eigenvalue weighted by Crippen LogP contribution is 2.34. The second-order valence-corrected chi connectivity index (χ2v) is 8.06. The maximum absolute atomic E-state index is 12.3. The Morgan fingerprint density at radius 1 is 1.16 bits per heavy atom. The topological polar surface area (TPSA) is 106 Å². The predicted octanol–water partition coefficient (Wildman–Crippen LogP) is 4.94. The van der Waals surface area contributed by atoms with E-state index in [0.29, 0.717) is 35.4 Å². The molecule has 0 aliphatic heterocycles. The maximum atomic E-state index is 12.3. The van der Waals surface area contributed by atoms with E-state index in [9.17, 15) is 9.59 Å². The highest BCUT2D eigenvalue weighted by molar-refractivity contribution is 7.20. The van der Waals surface area contributed by atoms with Crippen LogP contribution < -0.4 is 10.6 Å². The molecule has 164 valence electrons.